The summed E-state index contributed by atoms with van der Waals surface area (Å²) in [7, 11) is 0. The SMILES string of the molecule is CC(N)c1nnc(Nc2ccc(F)c(Br)c2)o1. The van der Waals surface area contributed by atoms with Crippen LogP contribution in [0.3, 0.4) is 0 Å². The van der Waals surface area contributed by atoms with E-state index in [0.717, 1.165) is 0 Å². The first kappa shape index (κ1) is 12.0. The highest BCUT2D eigenvalue weighted by Gasteiger charge is 2.10. The minimum Gasteiger partial charge on any atom is -0.406 e. The van der Waals surface area contributed by atoms with Gasteiger partial charge in [0.1, 0.15) is 5.82 Å². The van der Waals surface area contributed by atoms with E-state index < -0.39 is 0 Å². The van der Waals surface area contributed by atoms with Gasteiger partial charge < -0.3 is 15.5 Å². The van der Waals surface area contributed by atoms with Crippen LogP contribution in [0.2, 0.25) is 0 Å². The van der Waals surface area contributed by atoms with Crippen LogP contribution in [0.25, 0.3) is 0 Å². The lowest BCUT2D eigenvalue weighted by Crippen LogP contribution is -2.04. The molecule has 90 valence electrons. The maximum atomic E-state index is 13.0. The van der Waals surface area contributed by atoms with Gasteiger partial charge in [-0.3, -0.25) is 0 Å². The van der Waals surface area contributed by atoms with Gasteiger partial charge in [0.05, 0.1) is 10.5 Å². The molecule has 0 amide bonds. The number of benzene rings is 1. The van der Waals surface area contributed by atoms with Crippen molar-refractivity contribution in [2.24, 2.45) is 5.73 Å². The van der Waals surface area contributed by atoms with Gasteiger partial charge in [0.15, 0.2) is 0 Å². The lowest BCUT2D eigenvalue weighted by Gasteiger charge is -2.02. The number of nitrogens with two attached hydrogens (primary N) is 1. The molecule has 7 heteroatoms. The molecular weight excluding hydrogens is 291 g/mol. The summed E-state index contributed by atoms with van der Waals surface area (Å²) in [5.41, 5.74) is 6.22. The van der Waals surface area contributed by atoms with Crippen LogP contribution >= 0.6 is 15.9 Å². The largest absolute Gasteiger partial charge is 0.406 e. The predicted molar refractivity (Wildman–Crippen MR) is 64.3 cm³/mol. The summed E-state index contributed by atoms with van der Waals surface area (Å²) in [6, 6.07) is 4.37. The first-order chi connectivity index (χ1) is 8.06. The van der Waals surface area contributed by atoms with E-state index in [4.69, 9.17) is 10.2 Å². The lowest BCUT2D eigenvalue weighted by atomic mass is 10.3. The van der Waals surface area contributed by atoms with Crippen molar-refractivity contribution >= 4 is 27.6 Å². The Morgan fingerprint density at radius 2 is 2.24 bits per heavy atom. The van der Waals surface area contributed by atoms with Gasteiger partial charge in [-0.15, -0.1) is 5.10 Å². The molecule has 0 fully saturated rings. The summed E-state index contributed by atoms with van der Waals surface area (Å²) < 4.78 is 18.6. The van der Waals surface area contributed by atoms with Crippen LogP contribution in [0.1, 0.15) is 18.9 Å². The van der Waals surface area contributed by atoms with E-state index in [9.17, 15) is 4.39 Å². The molecule has 1 aromatic carbocycles. The van der Waals surface area contributed by atoms with Crippen molar-refractivity contribution in [2.75, 3.05) is 5.32 Å². The van der Waals surface area contributed by atoms with E-state index in [1.807, 2.05) is 0 Å². The van der Waals surface area contributed by atoms with E-state index >= 15 is 0 Å². The fourth-order valence-electron chi connectivity index (χ4n) is 1.17. The number of nitrogens with zero attached hydrogens (tertiary/aromatic N) is 2. The fourth-order valence-corrected chi connectivity index (χ4v) is 1.55. The van der Waals surface area contributed by atoms with Crippen molar-refractivity contribution in [3.05, 3.63) is 34.4 Å². The third kappa shape index (κ3) is 2.80. The Balaban J connectivity index is 2.16. The first-order valence-electron chi connectivity index (χ1n) is 4.87. The molecule has 0 bridgehead atoms. The maximum Gasteiger partial charge on any atom is 0.320 e. The summed E-state index contributed by atoms with van der Waals surface area (Å²) in [6.07, 6.45) is 0. The molecule has 1 heterocycles. The van der Waals surface area contributed by atoms with Crippen LogP contribution in [-0.2, 0) is 0 Å². The average Bonchev–Trinajstić information content (AvgIpc) is 2.72. The summed E-state index contributed by atoms with van der Waals surface area (Å²) in [6.45, 7) is 1.74. The first-order valence-corrected chi connectivity index (χ1v) is 5.66. The van der Waals surface area contributed by atoms with Gasteiger partial charge in [-0.05, 0) is 41.1 Å². The van der Waals surface area contributed by atoms with Crippen LogP contribution in [0, 0.1) is 5.82 Å². The van der Waals surface area contributed by atoms with Crippen molar-refractivity contribution in [3.63, 3.8) is 0 Å². The molecule has 17 heavy (non-hydrogen) atoms. The Hall–Kier alpha value is -1.47. The van der Waals surface area contributed by atoms with Crippen molar-refractivity contribution < 1.29 is 8.81 Å². The van der Waals surface area contributed by atoms with Crippen LogP contribution < -0.4 is 11.1 Å². The predicted octanol–water partition coefficient (Wildman–Crippen LogP) is 2.73. The zero-order chi connectivity index (χ0) is 12.4. The molecule has 3 N–H and O–H groups in total. The summed E-state index contributed by atoms with van der Waals surface area (Å²) in [4.78, 5) is 0. The molecule has 0 saturated heterocycles. The normalized spacial score (nSPS) is 12.5. The van der Waals surface area contributed by atoms with Gasteiger partial charge >= 0.3 is 6.01 Å². The number of anilines is 2. The zero-order valence-electron chi connectivity index (χ0n) is 8.95. The number of rotatable bonds is 3. The quantitative estimate of drug-likeness (QED) is 0.911. The highest BCUT2D eigenvalue weighted by molar-refractivity contribution is 9.10. The van der Waals surface area contributed by atoms with E-state index in [0.29, 0.717) is 16.1 Å². The molecular formula is C10H10BrFN4O. The highest BCUT2D eigenvalue weighted by atomic mass is 79.9. The summed E-state index contributed by atoms with van der Waals surface area (Å²) in [5, 5.41) is 10.4. The van der Waals surface area contributed by atoms with Crippen LogP contribution in [0.15, 0.2) is 27.1 Å². The van der Waals surface area contributed by atoms with Gasteiger partial charge in [-0.2, -0.15) is 0 Å². The van der Waals surface area contributed by atoms with Gasteiger partial charge in [-0.1, -0.05) is 5.10 Å². The Kier molecular flexibility index (Phi) is 3.39. The second kappa shape index (κ2) is 4.80. The Labute approximate surface area is 105 Å². The Bertz CT molecular complexity index is 529. The number of aromatic nitrogens is 2. The Morgan fingerprint density at radius 1 is 1.47 bits per heavy atom. The molecule has 0 aliphatic rings. The van der Waals surface area contributed by atoms with E-state index in [-0.39, 0.29) is 17.9 Å². The summed E-state index contributed by atoms with van der Waals surface area (Å²) in [5.74, 6) is 0.00558. The molecule has 0 radical (unpaired) electrons. The molecule has 1 unspecified atom stereocenters. The number of hydrogen-bond donors (Lipinski definition) is 2. The Morgan fingerprint density at radius 3 is 2.82 bits per heavy atom. The van der Waals surface area contributed by atoms with E-state index in [2.05, 4.69) is 31.4 Å². The summed E-state index contributed by atoms with van der Waals surface area (Å²) >= 11 is 3.09. The fraction of sp³-hybridized carbons (Fsp3) is 0.200. The maximum absolute atomic E-state index is 13.0. The van der Waals surface area contributed by atoms with Crippen molar-refractivity contribution in [3.8, 4) is 0 Å². The van der Waals surface area contributed by atoms with Gasteiger partial charge in [-0.25, -0.2) is 4.39 Å². The standard InChI is InChI=1S/C10H10BrFN4O/c1-5(13)9-15-16-10(17-9)14-6-2-3-8(12)7(11)4-6/h2-5H,13H2,1H3,(H,14,16). The van der Waals surface area contributed by atoms with Gasteiger partial charge in [0.2, 0.25) is 5.89 Å². The monoisotopic (exact) mass is 300 g/mol. The second-order valence-electron chi connectivity index (χ2n) is 3.49. The molecule has 1 aromatic heterocycles. The number of nitrogens with one attached hydrogen (secondary N) is 1. The third-order valence-electron chi connectivity index (χ3n) is 2.00. The van der Waals surface area contributed by atoms with Crippen LogP contribution in [0.5, 0.6) is 0 Å². The smallest absolute Gasteiger partial charge is 0.320 e. The third-order valence-corrected chi connectivity index (χ3v) is 2.61. The number of halogens is 2. The molecule has 0 aliphatic carbocycles. The minimum absolute atomic E-state index is 0.218. The molecule has 5 nitrogen and oxygen atoms in total. The topological polar surface area (TPSA) is 77.0 Å². The van der Waals surface area contributed by atoms with Crippen molar-refractivity contribution in [1.82, 2.24) is 10.2 Å². The van der Waals surface area contributed by atoms with Gasteiger partial charge in [0.25, 0.3) is 0 Å². The molecule has 0 saturated carbocycles. The molecule has 2 aromatic rings. The highest BCUT2D eigenvalue weighted by Crippen LogP contribution is 2.23. The van der Waals surface area contributed by atoms with Crippen LogP contribution in [-0.4, -0.2) is 10.2 Å². The van der Waals surface area contributed by atoms with E-state index in [1.54, 1.807) is 19.1 Å². The average molecular weight is 301 g/mol. The van der Waals surface area contributed by atoms with Crippen molar-refractivity contribution in [1.29, 1.82) is 0 Å². The number of hydrogen-bond acceptors (Lipinski definition) is 5. The van der Waals surface area contributed by atoms with Gasteiger partial charge in [0, 0.05) is 5.69 Å². The molecule has 1 atom stereocenters. The molecule has 0 spiro atoms. The molecule has 0 aliphatic heterocycles. The lowest BCUT2D eigenvalue weighted by molar-refractivity contribution is 0.475. The second-order valence-corrected chi connectivity index (χ2v) is 4.34. The van der Waals surface area contributed by atoms with E-state index in [1.165, 1.54) is 6.07 Å². The molecule has 2 rings (SSSR count). The zero-order valence-corrected chi connectivity index (χ0v) is 10.5. The minimum atomic E-state index is -0.336. The van der Waals surface area contributed by atoms with Crippen molar-refractivity contribution in [2.45, 2.75) is 13.0 Å². The van der Waals surface area contributed by atoms with Crippen LogP contribution in [0.4, 0.5) is 16.1 Å².